The fraction of sp³-hybridized carbons (Fsp3) is 0.0455. The minimum absolute atomic E-state index is 0.0593. The quantitative estimate of drug-likeness (QED) is 0.311. The Balaban J connectivity index is 1.92. The molecule has 29 heavy (non-hydrogen) atoms. The molecule has 0 aliphatic heterocycles. The molecule has 0 saturated carbocycles. The first kappa shape index (κ1) is 19.6. The number of ether oxygens (including phenoxy) is 1. The molecule has 0 aliphatic carbocycles. The van der Waals surface area contributed by atoms with Gasteiger partial charge in [-0.3, -0.25) is 10.8 Å². The van der Waals surface area contributed by atoms with Crippen molar-refractivity contribution in [3.63, 3.8) is 0 Å². The van der Waals surface area contributed by atoms with Gasteiger partial charge in [0.25, 0.3) is 0 Å². The van der Waals surface area contributed by atoms with Crippen LogP contribution in [0.25, 0.3) is 11.1 Å². The van der Waals surface area contributed by atoms with E-state index in [1.165, 1.54) is 0 Å². The summed E-state index contributed by atoms with van der Waals surface area (Å²) in [7, 11) is 0. The van der Waals surface area contributed by atoms with E-state index in [4.69, 9.17) is 27.0 Å². The molecule has 7 N–H and O–H groups in total. The third kappa shape index (κ3) is 4.78. The Morgan fingerprint density at radius 1 is 0.828 bits per heavy atom. The van der Waals surface area contributed by atoms with Crippen molar-refractivity contribution in [1.82, 2.24) is 0 Å². The highest BCUT2D eigenvalue weighted by Crippen LogP contribution is 2.25. The van der Waals surface area contributed by atoms with Crippen LogP contribution in [0, 0.1) is 10.8 Å². The Hall–Kier alpha value is -4.13. The van der Waals surface area contributed by atoms with E-state index >= 15 is 0 Å². The number of carboxylic acid groups (broad SMARTS) is 1. The van der Waals surface area contributed by atoms with E-state index in [0.717, 1.165) is 5.56 Å². The molecule has 0 atom stereocenters. The fourth-order valence-corrected chi connectivity index (χ4v) is 2.85. The van der Waals surface area contributed by atoms with Crippen molar-refractivity contribution in [2.75, 3.05) is 0 Å². The fourth-order valence-electron chi connectivity index (χ4n) is 2.85. The van der Waals surface area contributed by atoms with Crippen LogP contribution >= 0.6 is 0 Å². The molecule has 0 aliphatic rings. The molecule has 0 radical (unpaired) electrons. The number of hydrogen-bond acceptors (Lipinski definition) is 4. The zero-order valence-electron chi connectivity index (χ0n) is 15.5. The van der Waals surface area contributed by atoms with Crippen LogP contribution < -0.4 is 16.2 Å². The van der Waals surface area contributed by atoms with Crippen LogP contribution in [0.5, 0.6) is 5.75 Å². The zero-order valence-corrected chi connectivity index (χ0v) is 15.5. The summed E-state index contributed by atoms with van der Waals surface area (Å²) in [6, 6.07) is 18.8. The molecule has 0 spiro atoms. The predicted molar refractivity (Wildman–Crippen MR) is 112 cm³/mol. The van der Waals surface area contributed by atoms with Crippen molar-refractivity contribution in [3.05, 3.63) is 89.0 Å². The van der Waals surface area contributed by atoms with Crippen LogP contribution in [0.15, 0.2) is 66.7 Å². The van der Waals surface area contributed by atoms with Crippen LogP contribution in [0.1, 0.15) is 27.0 Å². The number of nitrogens with one attached hydrogen (secondary N) is 2. The molecule has 0 saturated heterocycles. The van der Waals surface area contributed by atoms with E-state index in [2.05, 4.69) is 0 Å². The monoisotopic (exact) mass is 388 g/mol. The number of aromatic carboxylic acids is 1. The number of rotatable bonds is 7. The topological polar surface area (TPSA) is 146 Å². The van der Waals surface area contributed by atoms with Gasteiger partial charge in [0.05, 0.1) is 5.56 Å². The lowest BCUT2D eigenvalue weighted by atomic mass is 9.98. The zero-order chi connectivity index (χ0) is 21.0. The van der Waals surface area contributed by atoms with Gasteiger partial charge in [0, 0.05) is 11.1 Å². The Bertz CT molecular complexity index is 1110. The Morgan fingerprint density at radius 3 is 2.10 bits per heavy atom. The Labute approximate surface area is 167 Å². The van der Waals surface area contributed by atoms with Gasteiger partial charge in [-0.05, 0) is 53.1 Å². The average Bonchev–Trinajstić information content (AvgIpc) is 2.72. The summed E-state index contributed by atoms with van der Waals surface area (Å²) < 4.78 is 5.77. The molecule has 0 fully saturated rings. The lowest BCUT2D eigenvalue weighted by Crippen LogP contribution is -2.11. The molecule has 146 valence electrons. The molecule has 7 nitrogen and oxygen atoms in total. The lowest BCUT2D eigenvalue weighted by molar-refractivity contribution is 0.0696. The van der Waals surface area contributed by atoms with Crippen LogP contribution in [0.2, 0.25) is 0 Å². The van der Waals surface area contributed by atoms with Crippen molar-refractivity contribution in [1.29, 1.82) is 10.8 Å². The van der Waals surface area contributed by atoms with Crippen LogP contribution in [0.4, 0.5) is 0 Å². The van der Waals surface area contributed by atoms with Crippen molar-refractivity contribution in [2.24, 2.45) is 11.5 Å². The number of carbonyl (C=O) groups is 1. The summed E-state index contributed by atoms with van der Waals surface area (Å²) in [5.74, 6) is -0.640. The van der Waals surface area contributed by atoms with E-state index in [0.29, 0.717) is 28.0 Å². The summed E-state index contributed by atoms with van der Waals surface area (Å²) in [6.07, 6.45) is 0. The summed E-state index contributed by atoms with van der Waals surface area (Å²) in [4.78, 5) is 11.6. The van der Waals surface area contributed by atoms with Gasteiger partial charge < -0.3 is 21.3 Å². The normalized spacial score (nSPS) is 10.3. The molecule has 7 heteroatoms. The predicted octanol–water partition coefficient (Wildman–Crippen LogP) is 3.20. The van der Waals surface area contributed by atoms with Gasteiger partial charge in [-0.1, -0.05) is 30.3 Å². The summed E-state index contributed by atoms with van der Waals surface area (Å²) in [5.41, 5.74) is 14.4. The van der Waals surface area contributed by atoms with Gasteiger partial charge >= 0.3 is 5.97 Å². The van der Waals surface area contributed by atoms with Gasteiger partial charge in [0.1, 0.15) is 24.0 Å². The number of benzene rings is 3. The maximum atomic E-state index is 11.6. The first-order valence-electron chi connectivity index (χ1n) is 8.73. The summed E-state index contributed by atoms with van der Waals surface area (Å²) >= 11 is 0. The third-order valence-corrected chi connectivity index (χ3v) is 4.30. The first-order chi connectivity index (χ1) is 13.8. The molecule has 3 aromatic rings. The van der Waals surface area contributed by atoms with Gasteiger partial charge in [0.2, 0.25) is 0 Å². The average molecular weight is 388 g/mol. The number of amidine groups is 2. The molecule has 0 bridgehead atoms. The van der Waals surface area contributed by atoms with Crippen LogP contribution in [-0.4, -0.2) is 22.7 Å². The van der Waals surface area contributed by atoms with Crippen molar-refractivity contribution in [3.8, 4) is 16.9 Å². The summed E-state index contributed by atoms with van der Waals surface area (Å²) in [5, 5.41) is 24.6. The highest BCUT2D eigenvalue weighted by molar-refractivity contribution is 5.96. The van der Waals surface area contributed by atoms with Gasteiger partial charge in [-0.25, -0.2) is 4.79 Å². The number of nitrogens with two attached hydrogens (primary N) is 2. The molecule has 0 unspecified atom stereocenters. The van der Waals surface area contributed by atoms with E-state index < -0.39 is 5.97 Å². The van der Waals surface area contributed by atoms with E-state index in [1.54, 1.807) is 54.6 Å². The van der Waals surface area contributed by atoms with E-state index in [9.17, 15) is 9.90 Å². The Kier molecular flexibility index (Phi) is 5.59. The van der Waals surface area contributed by atoms with Crippen molar-refractivity contribution in [2.45, 2.75) is 6.61 Å². The van der Waals surface area contributed by atoms with E-state index in [-0.39, 0.29) is 23.8 Å². The molecule has 3 rings (SSSR count). The van der Waals surface area contributed by atoms with Crippen LogP contribution in [0.3, 0.4) is 0 Å². The van der Waals surface area contributed by atoms with Crippen molar-refractivity contribution >= 4 is 17.6 Å². The molecule has 3 aromatic carbocycles. The Morgan fingerprint density at radius 2 is 1.45 bits per heavy atom. The molecular weight excluding hydrogens is 368 g/mol. The molecule has 0 heterocycles. The smallest absolute Gasteiger partial charge is 0.335 e. The first-order valence-corrected chi connectivity index (χ1v) is 8.73. The van der Waals surface area contributed by atoms with Gasteiger partial charge in [-0.2, -0.15) is 0 Å². The van der Waals surface area contributed by atoms with Gasteiger partial charge in [-0.15, -0.1) is 0 Å². The second kappa shape index (κ2) is 8.26. The highest BCUT2D eigenvalue weighted by atomic mass is 16.5. The maximum absolute atomic E-state index is 11.6. The molecular formula is C22H20N4O3. The number of hydrogen-bond donors (Lipinski definition) is 5. The molecule has 0 amide bonds. The highest BCUT2D eigenvalue weighted by Gasteiger charge is 2.10. The minimum atomic E-state index is -1.05. The van der Waals surface area contributed by atoms with Crippen LogP contribution in [-0.2, 0) is 6.61 Å². The number of nitrogen functional groups attached to an aromatic ring is 2. The van der Waals surface area contributed by atoms with E-state index in [1.807, 2.05) is 12.1 Å². The summed E-state index contributed by atoms with van der Waals surface area (Å²) in [6.45, 7) is 0.141. The minimum Gasteiger partial charge on any atom is -0.489 e. The standard InChI is InChI=1S/C22H20N4O3/c23-20(24)15-4-1-3-14(9-15)17-7-13(8-18(10-17)22(27)28)12-29-19-6-2-5-16(11-19)21(25)26/h1-11H,12H2,(H3,23,24)(H3,25,26)(H,27,28). The SMILES string of the molecule is N=C(N)c1cccc(OCc2cc(C(=O)O)cc(-c3cccc(C(=N)N)c3)c2)c1. The van der Waals surface area contributed by atoms with Crippen molar-refractivity contribution < 1.29 is 14.6 Å². The largest absolute Gasteiger partial charge is 0.489 e. The number of carboxylic acids is 1. The molecule has 0 aromatic heterocycles. The maximum Gasteiger partial charge on any atom is 0.335 e. The van der Waals surface area contributed by atoms with Gasteiger partial charge in [0.15, 0.2) is 0 Å². The second-order valence-electron chi connectivity index (χ2n) is 6.45. The lowest BCUT2D eigenvalue weighted by Gasteiger charge is -2.11. The third-order valence-electron chi connectivity index (χ3n) is 4.30. The second-order valence-corrected chi connectivity index (χ2v) is 6.45.